The second-order valence-corrected chi connectivity index (χ2v) is 8.74. The maximum atomic E-state index is 12.6. The average Bonchev–Trinajstić information content (AvgIpc) is 3.11. The van der Waals surface area contributed by atoms with Crippen molar-refractivity contribution in [2.24, 2.45) is 0 Å². The molecule has 1 aliphatic rings. The Hall–Kier alpha value is -1.51. The number of aromatic nitrogens is 2. The van der Waals surface area contributed by atoms with Gasteiger partial charge in [0.25, 0.3) is 5.56 Å². The summed E-state index contributed by atoms with van der Waals surface area (Å²) in [7, 11) is 0. The van der Waals surface area contributed by atoms with Crippen LogP contribution in [-0.2, 0) is 4.74 Å². The highest BCUT2D eigenvalue weighted by Gasteiger charge is 2.36. The third-order valence-electron chi connectivity index (χ3n) is 4.63. The Morgan fingerprint density at radius 3 is 2.84 bits per heavy atom. The van der Waals surface area contributed by atoms with Crippen molar-refractivity contribution in [2.45, 2.75) is 58.2 Å². The molecule has 1 aliphatic heterocycles. The van der Waals surface area contributed by atoms with Gasteiger partial charge in [-0.25, -0.2) is 4.79 Å². The van der Waals surface area contributed by atoms with Crippen LogP contribution in [0.1, 0.15) is 46.6 Å². The first-order valence-electron chi connectivity index (χ1n) is 8.56. The number of amides is 1. The molecule has 7 heteroatoms. The van der Waals surface area contributed by atoms with E-state index in [2.05, 4.69) is 34.5 Å². The maximum absolute atomic E-state index is 12.6. The van der Waals surface area contributed by atoms with Gasteiger partial charge in [0.2, 0.25) is 0 Å². The Morgan fingerprint density at radius 1 is 1.44 bits per heavy atom. The van der Waals surface area contributed by atoms with Crippen molar-refractivity contribution in [3.63, 3.8) is 0 Å². The summed E-state index contributed by atoms with van der Waals surface area (Å²) in [5, 5.41) is 0.943. The number of hydrogen-bond acceptors (Lipinski definition) is 3. The van der Waals surface area contributed by atoms with Crippen molar-refractivity contribution >= 4 is 39.6 Å². The second-order valence-electron chi connectivity index (χ2n) is 7.58. The number of halogens is 1. The highest BCUT2D eigenvalue weighted by atomic mass is 127. The molecule has 2 aromatic rings. The van der Waals surface area contributed by atoms with E-state index < -0.39 is 5.60 Å². The molecule has 2 aromatic heterocycles. The first kappa shape index (κ1) is 18.3. The zero-order valence-electron chi connectivity index (χ0n) is 15.0. The number of fused-ring (bicyclic) bond motifs is 1. The first-order valence-corrected chi connectivity index (χ1v) is 9.64. The summed E-state index contributed by atoms with van der Waals surface area (Å²) >= 11 is 2.25. The van der Waals surface area contributed by atoms with Crippen LogP contribution in [0.15, 0.2) is 23.3 Å². The summed E-state index contributed by atoms with van der Waals surface area (Å²) in [6, 6.07) is 1.92. The summed E-state index contributed by atoms with van der Waals surface area (Å²) in [6.45, 7) is 8.38. The van der Waals surface area contributed by atoms with Gasteiger partial charge in [-0.2, -0.15) is 0 Å². The molecule has 1 saturated heterocycles. The van der Waals surface area contributed by atoms with Crippen LogP contribution in [-0.4, -0.2) is 38.7 Å². The molecule has 3 heterocycles. The number of nitrogens with zero attached hydrogens (tertiary/aromatic N) is 2. The van der Waals surface area contributed by atoms with E-state index in [0.29, 0.717) is 12.1 Å². The van der Waals surface area contributed by atoms with Gasteiger partial charge in [0.05, 0.1) is 12.1 Å². The summed E-state index contributed by atoms with van der Waals surface area (Å²) in [4.78, 5) is 29.5. The highest BCUT2D eigenvalue weighted by Crippen LogP contribution is 2.32. The van der Waals surface area contributed by atoms with Crippen LogP contribution in [0.25, 0.3) is 10.9 Å². The minimum Gasteiger partial charge on any atom is -0.444 e. The maximum Gasteiger partial charge on any atom is 0.410 e. The third kappa shape index (κ3) is 3.56. The average molecular weight is 457 g/mol. The number of likely N-dealkylation sites (tertiary alicyclic amines) is 1. The lowest BCUT2D eigenvalue weighted by molar-refractivity contribution is 0.0190. The zero-order chi connectivity index (χ0) is 18.4. The minimum atomic E-state index is -0.514. The Balaban J connectivity index is 1.94. The number of carbonyl (C=O) groups is 1. The number of pyridine rings is 1. The fraction of sp³-hybridized carbons (Fsp3) is 0.556. The molecule has 2 atom stereocenters. The van der Waals surface area contributed by atoms with E-state index in [-0.39, 0.29) is 23.7 Å². The minimum absolute atomic E-state index is 0.00969. The quantitative estimate of drug-likeness (QED) is 0.696. The number of nitrogens with one attached hydrogen (secondary N) is 1. The molecule has 6 nitrogen and oxygen atoms in total. The van der Waals surface area contributed by atoms with Crippen LogP contribution in [0, 0.1) is 3.57 Å². The molecule has 1 N–H and O–H groups in total. The van der Waals surface area contributed by atoms with E-state index in [4.69, 9.17) is 4.74 Å². The van der Waals surface area contributed by atoms with Crippen molar-refractivity contribution in [2.75, 3.05) is 6.54 Å². The molecule has 136 valence electrons. The van der Waals surface area contributed by atoms with Gasteiger partial charge in [-0.15, -0.1) is 0 Å². The standard InChI is InChI=1S/C18H24IN3O3/c1-11(14-6-5-9-21(14)17(24)25-18(2,3)4)22-10-13(19)12-7-8-20-16(23)15(12)22/h7-8,10-11,14H,5-6,9H2,1-4H3,(H,20,23)/t11-,14-/m0/s1. The largest absolute Gasteiger partial charge is 0.444 e. The van der Waals surface area contributed by atoms with Gasteiger partial charge < -0.3 is 19.2 Å². The predicted molar refractivity (Wildman–Crippen MR) is 106 cm³/mol. The molecule has 0 spiro atoms. The Labute approximate surface area is 160 Å². The number of aromatic amines is 1. The van der Waals surface area contributed by atoms with Gasteiger partial charge in [-0.05, 0) is 69.2 Å². The van der Waals surface area contributed by atoms with Crippen molar-refractivity contribution in [3.05, 3.63) is 32.4 Å². The van der Waals surface area contributed by atoms with Gasteiger partial charge in [-0.3, -0.25) is 4.79 Å². The van der Waals surface area contributed by atoms with E-state index >= 15 is 0 Å². The molecule has 0 radical (unpaired) electrons. The third-order valence-corrected chi connectivity index (χ3v) is 5.49. The second kappa shape index (κ2) is 6.66. The fourth-order valence-corrected chi connectivity index (χ4v) is 4.26. The molecule has 0 unspecified atom stereocenters. The van der Waals surface area contributed by atoms with Crippen LogP contribution in [0.4, 0.5) is 4.79 Å². The van der Waals surface area contributed by atoms with Gasteiger partial charge in [0.1, 0.15) is 11.1 Å². The molecule has 0 saturated carbocycles. The lowest BCUT2D eigenvalue weighted by atomic mass is 10.1. The van der Waals surface area contributed by atoms with E-state index in [1.54, 1.807) is 6.20 Å². The molecular formula is C18H24IN3O3. The topological polar surface area (TPSA) is 67.3 Å². The molecule has 1 fully saturated rings. The Bertz CT molecular complexity index is 849. The summed E-state index contributed by atoms with van der Waals surface area (Å²) < 4.78 is 8.60. The van der Waals surface area contributed by atoms with Gasteiger partial charge in [-0.1, -0.05) is 0 Å². The first-order chi connectivity index (χ1) is 11.7. The van der Waals surface area contributed by atoms with Crippen molar-refractivity contribution < 1.29 is 9.53 Å². The summed E-state index contributed by atoms with van der Waals surface area (Å²) in [5.41, 5.74) is 0.0460. The zero-order valence-corrected chi connectivity index (χ0v) is 17.2. The van der Waals surface area contributed by atoms with Crippen LogP contribution in [0.3, 0.4) is 0 Å². The SMILES string of the molecule is C[C@@H]([C@@H]1CCCN1C(=O)OC(C)(C)C)n1cc(I)c2cc[nH]c(=O)c21. The van der Waals surface area contributed by atoms with Gasteiger partial charge >= 0.3 is 6.09 Å². The lowest BCUT2D eigenvalue weighted by Gasteiger charge is -2.32. The predicted octanol–water partition coefficient (Wildman–Crippen LogP) is 3.89. The van der Waals surface area contributed by atoms with Gasteiger partial charge in [0, 0.05) is 27.9 Å². The van der Waals surface area contributed by atoms with Crippen LogP contribution in [0.5, 0.6) is 0 Å². The smallest absolute Gasteiger partial charge is 0.410 e. The highest BCUT2D eigenvalue weighted by molar-refractivity contribution is 14.1. The Kier molecular flexibility index (Phi) is 4.87. The molecular weight excluding hydrogens is 433 g/mol. The van der Waals surface area contributed by atoms with Crippen LogP contribution >= 0.6 is 22.6 Å². The molecule has 1 amide bonds. The summed E-state index contributed by atoms with van der Waals surface area (Å²) in [5.74, 6) is 0. The number of ether oxygens (including phenoxy) is 1. The van der Waals surface area contributed by atoms with Crippen molar-refractivity contribution in [1.29, 1.82) is 0 Å². The number of H-pyrrole nitrogens is 1. The van der Waals surface area contributed by atoms with Gasteiger partial charge in [0.15, 0.2) is 0 Å². The van der Waals surface area contributed by atoms with E-state index in [9.17, 15) is 9.59 Å². The number of hydrogen-bond donors (Lipinski definition) is 1. The molecule has 3 rings (SSSR count). The molecule has 25 heavy (non-hydrogen) atoms. The molecule has 0 bridgehead atoms. The molecule has 0 aromatic carbocycles. The van der Waals surface area contributed by atoms with E-state index in [1.165, 1.54) is 0 Å². The van der Waals surface area contributed by atoms with E-state index in [0.717, 1.165) is 21.8 Å². The Morgan fingerprint density at radius 2 is 2.16 bits per heavy atom. The normalized spacial score (nSPS) is 19.4. The lowest BCUT2D eigenvalue weighted by Crippen LogP contribution is -2.43. The van der Waals surface area contributed by atoms with Crippen LogP contribution < -0.4 is 5.56 Å². The number of carbonyl (C=O) groups excluding carboxylic acids is 1. The van der Waals surface area contributed by atoms with Crippen molar-refractivity contribution in [3.8, 4) is 0 Å². The van der Waals surface area contributed by atoms with Crippen molar-refractivity contribution in [1.82, 2.24) is 14.5 Å². The van der Waals surface area contributed by atoms with E-state index in [1.807, 2.05) is 42.5 Å². The number of rotatable bonds is 2. The molecule has 0 aliphatic carbocycles. The van der Waals surface area contributed by atoms with Crippen LogP contribution in [0.2, 0.25) is 0 Å². The fourth-order valence-electron chi connectivity index (χ4n) is 3.52. The monoisotopic (exact) mass is 457 g/mol. The summed E-state index contributed by atoms with van der Waals surface area (Å²) in [6.07, 6.45) is 5.24.